The van der Waals surface area contributed by atoms with Crippen molar-refractivity contribution in [3.8, 4) is 16.9 Å². The van der Waals surface area contributed by atoms with Crippen molar-refractivity contribution in [1.82, 2.24) is 10.4 Å². The van der Waals surface area contributed by atoms with Crippen LogP contribution in [0.2, 0.25) is 0 Å². The predicted molar refractivity (Wildman–Crippen MR) is 95.8 cm³/mol. The molecule has 3 rings (SSSR count). The van der Waals surface area contributed by atoms with Crippen molar-refractivity contribution in [3.05, 3.63) is 66.4 Å². The summed E-state index contributed by atoms with van der Waals surface area (Å²) in [4.78, 5) is 15.1. The first-order valence-electron chi connectivity index (χ1n) is 8.05. The number of benzene rings is 1. The molecule has 2 N–H and O–H groups in total. The summed E-state index contributed by atoms with van der Waals surface area (Å²) in [6.07, 6.45) is 5.69. The number of nitrogens with zero attached hydrogens (tertiary/aromatic N) is 1. The molecular formula is C19H19N3O3. The molecule has 0 aliphatic heterocycles. The van der Waals surface area contributed by atoms with Gasteiger partial charge in [-0.05, 0) is 30.7 Å². The summed E-state index contributed by atoms with van der Waals surface area (Å²) in [5.74, 6) is 1.03. The summed E-state index contributed by atoms with van der Waals surface area (Å²) < 4.78 is 10.9. The smallest absolute Gasteiger partial charge is 0.287 e. The normalized spacial score (nSPS) is 10.9. The standard InChI is InChI=1S/C19H19N3O3/c1-2-9-25-18-8-4-3-7-16(18)14-11-17(20-12-14)19(23)22-21-13-15-6-5-10-24-15/h3-8,10-13,20H,2,9H2,1H3,(H,22,23)/b21-13+. The highest BCUT2D eigenvalue weighted by molar-refractivity contribution is 5.94. The number of H-pyrrole nitrogens is 1. The fourth-order valence-corrected chi connectivity index (χ4v) is 2.30. The highest BCUT2D eigenvalue weighted by Crippen LogP contribution is 2.30. The molecule has 0 radical (unpaired) electrons. The lowest BCUT2D eigenvalue weighted by molar-refractivity contribution is 0.0951. The third-order valence-corrected chi connectivity index (χ3v) is 3.49. The Morgan fingerprint density at radius 3 is 3.00 bits per heavy atom. The van der Waals surface area contributed by atoms with Gasteiger partial charge in [0.05, 0.1) is 19.1 Å². The van der Waals surface area contributed by atoms with Gasteiger partial charge >= 0.3 is 0 Å². The van der Waals surface area contributed by atoms with Crippen LogP contribution in [-0.2, 0) is 0 Å². The number of furan rings is 1. The second-order valence-corrected chi connectivity index (χ2v) is 5.36. The van der Waals surface area contributed by atoms with E-state index in [2.05, 4.69) is 22.4 Å². The van der Waals surface area contributed by atoms with E-state index < -0.39 is 0 Å². The van der Waals surface area contributed by atoms with Gasteiger partial charge in [-0.1, -0.05) is 25.1 Å². The highest BCUT2D eigenvalue weighted by atomic mass is 16.5. The van der Waals surface area contributed by atoms with Crippen molar-refractivity contribution in [2.45, 2.75) is 13.3 Å². The SMILES string of the molecule is CCCOc1ccccc1-c1c[nH]c(C(=O)N/N=C/c2ccco2)c1. The van der Waals surface area contributed by atoms with Gasteiger partial charge in [-0.2, -0.15) is 5.10 Å². The molecule has 0 bridgehead atoms. The van der Waals surface area contributed by atoms with Crippen LogP contribution in [0, 0.1) is 0 Å². The maximum absolute atomic E-state index is 12.2. The van der Waals surface area contributed by atoms with Crippen LogP contribution in [0.1, 0.15) is 29.6 Å². The van der Waals surface area contributed by atoms with E-state index in [0.717, 1.165) is 23.3 Å². The zero-order valence-electron chi connectivity index (χ0n) is 13.9. The van der Waals surface area contributed by atoms with Gasteiger partial charge in [0.15, 0.2) is 0 Å². The molecule has 0 saturated carbocycles. The van der Waals surface area contributed by atoms with Crippen molar-refractivity contribution in [2.75, 3.05) is 6.61 Å². The molecule has 2 heterocycles. The van der Waals surface area contributed by atoms with Crippen LogP contribution in [0.5, 0.6) is 5.75 Å². The largest absolute Gasteiger partial charge is 0.493 e. The van der Waals surface area contributed by atoms with Gasteiger partial charge in [0.2, 0.25) is 0 Å². The van der Waals surface area contributed by atoms with Gasteiger partial charge < -0.3 is 14.1 Å². The molecule has 128 valence electrons. The lowest BCUT2D eigenvalue weighted by Gasteiger charge is -2.09. The summed E-state index contributed by atoms with van der Waals surface area (Å²) in [6, 6.07) is 13.0. The van der Waals surface area contributed by atoms with Crippen LogP contribution < -0.4 is 10.2 Å². The number of amides is 1. The Labute approximate surface area is 145 Å². The van der Waals surface area contributed by atoms with E-state index >= 15 is 0 Å². The van der Waals surface area contributed by atoms with E-state index in [0.29, 0.717) is 18.1 Å². The number of aromatic nitrogens is 1. The number of nitrogens with one attached hydrogen (secondary N) is 2. The molecule has 1 aromatic carbocycles. The average molecular weight is 337 g/mol. The Balaban J connectivity index is 1.71. The van der Waals surface area contributed by atoms with Crippen LogP contribution in [0.25, 0.3) is 11.1 Å². The zero-order chi connectivity index (χ0) is 17.5. The number of hydrogen-bond donors (Lipinski definition) is 2. The van der Waals surface area contributed by atoms with E-state index in [9.17, 15) is 4.79 Å². The Morgan fingerprint density at radius 2 is 2.20 bits per heavy atom. The fourth-order valence-electron chi connectivity index (χ4n) is 2.30. The molecular weight excluding hydrogens is 318 g/mol. The number of ether oxygens (including phenoxy) is 1. The van der Waals surface area contributed by atoms with Crippen molar-refractivity contribution < 1.29 is 13.9 Å². The van der Waals surface area contributed by atoms with Crippen molar-refractivity contribution in [1.29, 1.82) is 0 Å². The molecule has 3 aromatic rings. The maximum Gasteiger partial charge on any atom is 0.287 e. The first kappa shape index (κ1) is 16.6. The van der Waals surface area contributed by atoms with Gasteiger partial charge in [0.25, 0.3) is 5.91 Å². The summed E-state index contributed by atoms with van der Waals surface area (Å²) in [5.41, 5.74) is 4.69. The first-order chi connectivity index (χ1) is 12.3. The third kappa shape index (κ3) is 4.17. The number of aromatic amines is 1. The quantitative estimate of drug-likeness (QED) is 0.508. The summed E-state index contributed by atoms with van der Waals surface area (Å²) in [6.45, 7) is 2.71. The summed E-state index contributed by atoms with van der Waals surface area (Å²) in [7, 11) is 0. The second kappa shape index (κ2) is 8.01. The number of hydrogen-bond acceptors (Lipinski definition) is 4. The van der Waals surface area contributed by atoms with E-state index in [1.165, 1.54) is 6.21 Å². The average Bonchev–Trinajstić information content (AvgIpc) is 3.32. The zero-order valence-corrected chi connectivity index (χ0v) is 13.9. The summed E-state index contributed by atoms with van der Waals surface area (Å²) in [5, 5.41) is 3.87. The lowest BCUT2D eigenvalue weighted by Crippen LogP contribution is -2.17. The Hall–Kier alpha value is -3.28. The minimum atomic E-state index is -0.332. The molecule has 0 aliphatic carbocycles. The van der Waals surface area contributed by atoms with Crippen LogP contribution >= 0.6 is 0 Å². The van der Waals surface area contributed by atoms with Gasteiger partial charge in [0.1, 0.15) is 17.2 Å². The third-order valence-electron chi connectivity index (χ3n) is 3.49. The fraction of sp³-hybridized carbons (Fsp3) is 0.158. The minimum absolute atomic E-state index is 0.332. The van der Waals surface area contributed by atoms with Crippen molar-refractivity contribution in [3.63, 3.8) is 0 Å². The van der Waals surface area contributed by atoms with Crippen LogP contribution in [0.15, 0.2) is 64.4 Å². The number of rotatable bonds is 7. The monoisotopic (exact) mass is 337 g/mol. The van der Waals surface area contributed by atoms with E-state index in [1.807, 2.05) is 24.3 Å². The molecule has 1 amide bonds. The number of carbonyl (C=O) groups excluding carboxylic acids is 1. The van der Waals surface area contributed by atoms with Crippen molar-refractivity contribution in [2.24, 2.45) is 5.10 Å². The Kier molecular flexibility index (Phi) is 5.31. The van der Waals surface area contributed by atoms with Gasteiger partial charge in [0, 0.05) is 17.3 Å². The number of hydrazone groups is 1. The molecule has 25 heavy (non-hydrogen) atoms. The van der Waals surface area contributed by atoms with Crippen molar-refractivity contribution >= 4 is 12.1 Å². The molecule has 0 fully saturated rings. The van der Waals surface area contributed by atoms with Gasteiger partial charge in [-0.25, -0.2) is 5.43 Å². The highest BCUT2D eigenvalue weighted by Gasteiger charge is 2.12. The van der Waals surface area contributed by atoms with E-state index in [1.54, 1.807) is 30.7 Å². The van der Waals surface area contributed by atoms with E-state index in [-0.39, 0.29) is 5.91 Å². The molecule has 0 spiro atoms. The molecule has 6 heteroatoms. The van der Waals surface area contributed by atoms with Crippen LogP contribution in [-0.4, -0.2) is 23.7 Å². The number of carbonyl (C=O) groups is 1. The number of para-hydroxylation sites is 1. The molecule has 0 unspecified atom stereocenters. The second-order valence-electron chi connectivity index (χ2n) is 5.36. The minimum Gasteiger partial charge on any atom is -0.493 e. The maximum atomic E-state index is 12.2. The summed E-state index contributed by atoms with van der Waals surface area (Å²) >= 11 is 0. The van der Waals surface area contributed by atoms with Crippen LogP contribution in [0.4, 0.5) is 0 Å². The molecule has 0 atom stereocenters. The predicted octanol–water partition coefficient (Wildman–Crippen LogP) is 3.83. The van der Waals surface area contributed by atoms with Gasteiger partial charge in [-0.3, -0.25) is 4.79 Å². The van der Waals surface area contributed by atoms with Crippen LogP contribution in [0.3, 0.4) is 0 Å². The molecule has 0 aliphatic rings. The van der Waals surface area contributed by atoms with Gasteiger partial charge in [-0.15, -0.1) is 0 Å². The first-order valence-corrected chi connectivity index (χ1v) is 8.05. The lowest BCUT2D eigenvalue weighted by atomic mass is 10.1. The molecule has 6 nitrogen and oxygen atoms in total. The topological polar surface area (TPSA) is 79.6 Å². The Bertz CT molecular complexity index is 850. The molecule has 0 saturated heterocycles. The van der Waals surface area contributed by atoms with E-state index in [4.69, 9.17) is 9.15 Å². The Morgan fingerprint density at radius 1 is 1.32 bits per heavy atom. The molecule has 2 aromatic heterocycles.